The number of aromatic amines is 1. The molecule has 6 nitrogen and oxygen atoms in total. The smallest absolute Gasteiger partial charge is 0.154 e. The topological polar surface area (TPSA) is 105 Å². The zero-order valence-electron chi connectivity index (χ0n) is 11.4. The van der Waals surface area contributed by atoms with Gasteiger partial charge in [0.25, 0.3) is 0 Å². The Kier molecular flexibility index (Phi) is 3.00. The molecule has 1 fully saturated rings. The molecule has 0 bridgehead atoms. The van der Waals surface area contributed by atoms with Gasteiger partial charge in [-0.2, -0.15) is 0 Å². The zero-order chi connectivity index (χ0) is 14.3. The minimum Gasteiger partial charge on any atom is -0.345 e. The van der Waals surface area contributed by atoms with Crippen molar-refractivity contribution in [2.45, 2.75) is 26.2 Å². The molecule has 2 atom stereocenters. The second-order valence-corrected chi connectivity index (χ2v) is 5.36. The lowest BCUT2D eigenvalue weighted by Gasteiger charge is -2.20. The number of nitrogens with one attached hydrogen (secondary N) is 4. The number of hydrogen-bond acceptors (Lipinski definition) is 4. The quantitative estimate of drug-likeness (QED) is 0.487. The van der Waals surface area contributed by atoms with Crippen molar-refractivity contribution in [3.05, 3.63) is 23.9 Å². The summed E-state index contributed by atoms with van der Waals surface area (Å²) >= 11 is 0. The van der Waals surface area contributed by atoms with Crippen LogP contribution in [0.25, 0.3) is 11.2 Å². The maximum atomic E-state index is 8.52. The normalized spacial score (nSPS) is 22.6. The molecule has 0 amide bonds. The van der Waals surface area contributed by atoms with Crippen LogP contribution in [0, 0.1) is 28.1 Å². The lowest BCUT2D eigenvalue weighted by atomic mass is 9.92. The molecule has 1 aliphatic rings. The van der Waals surface area contributed by atoms with E-state index in [4.69, 9.17) is 16.2 Å². The molecule has 0 saturated heterocycles. The van der Waals surface area contributed by atoms with Crippen LogP contribution in [0.15, 0.2) is 18.5 Å². The fourth-order valence-electron chi connectivity index (χ4n) is 3.10. The van der Waals surface area contributed by atoms with E-state index < -0.39 is 0 Å². The van der Waals surface area contributed by atoms with Crippen molar-refractivity contribution in [1.82, 2.24) is 14.5 Å². The van der Waals surface area contributed by atoms with Crippen molar-refractivity contribution in [3.63, 3.8) is 0 Å². The molecule has 104 valence electrons. The molecule has 2 heterocycles. The first-order chi connectivity index (χ1) is 9.61. The van der Waals surface area contributed by atoms with E-state index in [9.17, 15) is 0 Å². The third kappa shape index (κ3) is 1.88. The van der Waals surface area contributed by atoms with E-state index in [2.05, 4.69) is 16.9 Å². The molecule has 0 unspecified atom stereocenters. The van der Waals surface area contributed by atoms with Gasteiger partial charge >= 0.3 is 0 Å². The summed E-state index contributed by atoms with van der Waals surface area (Å²) in [5.74, 6) is 0.780. The highest BCUT2D eigenvalue weighted by Crippen LogP contribution is 2.33. The third-order valence-electron chi connectivity index (χ3n) is 4.16. The summed E-state index contributed by atoms with van der Waals surface area (Å²) in [6.45, 7) is 2.11. The third-order valence-corrected chi connectivity index (χ3v) is 4.16. The van der Waals surface area contributed by atoms with Crippen LogP contribution in [0.3, 0.4) is 0 Å². The molecule has 0 aromatic carbocycles. The summed E-state index contributed by atoms with van der Waals surface area (Å²) in [6, 6.07) is 1.84. The highest BCUT2D eigenvalue weighted by molar-refractivity contribution is 5.97. The Balaban J connectivity index is 2.09. The van der Waals surface area contributed by atoms with Gasteiger partial charge in [-0.25, -0.2) is 4.98 Å². The number of rotatable bonds is 2. The molecule has 1 aliphatic carbocycles. The average Bonchev–Trinajstić information content (AvgIpc) is 3.03. The van der Waals surface area contributed by atoms with Crippen molar-refractivity contribution < 1.29 is 0 Å². The van der Waals surface area contributed by atoms with E-state index in [1.807, 2.05) is 6.07 Å². The maximum absolute atomic E-state index is 8.52. The van der Waals surface area contributed by atoms with Crippen molar-refractivity contribution in [2.75, 3.05) is 0 Å². The fraction of sp³-hybridized carbons (Fsp3) is 0.429. The van der Waals surface area contributed by atoms with Gasteiger partial charge in [0.1, 0.15) is 11.3 Å². The Morgan fingerprint density at radius 1 is 1.45 bits per heavy atom. The van der Waals surface area contributed by atoms with Gasteiger partial charge in [0.2, 0.25) is 0 Å². The SMILES string of the molecule is CC[C@@H]1CC(=N)C[C@@H]1C(=N)n1c(=N)cnc2[nH]ccc21. The van der Waals surface area contributed by atoms with Gasteiger partial charge in [0.05, 0.1) is 11.7 Å². The molecule has 0 aliphatic heterocycles. The molecule has 20 heavy (non-hydrogen) atoms. The monoisotopic (exact) mass is 270 g/mol. The summed E-state index contributed by atoms with van der Waals surface area (Å²) in [7, 11) is 0. The molecule has 4 N–H and O–H groups in total. The van der Waals surface area contributed by atoms with E-state index in [1.54, 1.807) is 10.8 Å². The lowest BCUT2D eigenvalue weighted by molar-refractivity contribution is 0.459. The first-order valence-corrected chi connectivity index (χ1v) is 6.86. The maximum Gasteiger partial charge on any atom is 0.154 e. The number of aromatic nitrogens is 3. The van der Waals surface area contributed by atoms with Gasteiger partial charge in [-0.15, -0.1) is 0 Å². The first-order valence-electron chi connectivity index (χ1n) is 6.86. The van der Waals surface area contributed by atoms with Crippen molar-refractivity contribution >= 4 is 22.7 Å². The minimum absolute atomic E-state index is 0.0297. The van der Waals surface area contributed by atoms with E-state index in [0.717, 1.165) is 24.1 Å². The van der Waals surface area contributed by atoms with Crippen LogP contribution in [0.1, 0.15) is 26.2 Å². The number of H-pyrrole nitrogens is 1. The number of hydrogen-bond donors (Lipinski definition) is 4. The molecule has 3 rings (SSSR count). The standard InChI is InChI=1S/C14H18N6/c1-2-8-5-9(15)6-10(8)13(17)20-11-3-4-18-14(11)19-7-12(20)16/h3-4,7-8,10,15-18H,2,5-6H2,1H3/t8-,10+/m1/s1. The predicted octanol–water partition coefficient (Wildman–Crippen LogP) is 2.13. The second-order valence-electron chi connectivity index (χ2n) is 5.36. The van der Waals surface area contributed by atoms with E-state index in [-0.39, 0.29) is 11.4 Å². The molecular weight excluding hydrogens is 252 g/mol. The Bertz CT molecular complexity index is 737. The van der Waals surface area contributed by atoms with Crippen LogP contribution in [0.2, 0.25) is 0 Å². The Morgan fingerprint density at radius 3 is 3.00 bits per heavy atom. The Morgan fingerprint density at radius 2 is 2.25 bits per heavy atom. The summed E-state index contributed by atoms with van der Waals surface area (Å²) < 4.78 is 1.64. The highest BCUT2D eigenvalue weighted by atomic mass is 15.1. The van der Waals surface area contributed by atoms with E-state index in [0.29, 0.717) is 23.8 Å². The van der Waals surface area contributed by atoms with Gasteiger partial charge in [-0.3, -0.25) is 15.4 Å². The van der Waals surface area contributed by atoms with Crippen LogP contribution >= 0.6 is 0 Å². The van der Waals surface area contributed by atoms with Crippen LogP contribution in [-0.2, 0) is 0 Å². The zero-order valence-corrected chi connectivity index (χ0v) is 11.4. The summed E-state index contributed by atoms with van der Waals surface area (Å²) in [4.78, 5) is 7.17. The van der Waals surface area contributed by atoms with Crippen molar-refractivity contribution in [3.8, 4) is 0 Å². The largest absolute Gasteiger partial charge is 0.345 e. The van der Waals surface area contributed by atoms with Crippen LogP contribution in [0.4, 0.5) is 0 Å². The second kappa shape index (κ2) is 4.70. The number of fused-ring (bicyclic) bond motifs is 1. The summed E-state index contributed by atoms with van der Waals surface area (Å²) in [6.07, 6.45) is 5.62. The molecule has 6 heteroatoms. The molecule has 0 radical (unpaired) electrons. The number of nitrogens with zero attached hydrogens (tertiary/aromatic N) is 2. The highest BCUT2D eigenvalue weighted by Gasteiger charge is 2.33. The van der Waals surface area contributed by atoms with Gasteiger partial charge in [-0.1, -0.05) is 13.3 Å². The van der Waals surface area contributed by atoms with Gasteiger partial charge < -0.3 is 10.4 Å². The van der Waals surface area contributed by atoms with Gasteiger partial charge in [0, 0.05) is 17.8 Å². The molecular formula is C14H18N6. The van der Waals surface area contributed by atoms with Crippen molar-refractivity contribution in [1.29, 1.82) is 16.2 Å². The summed E-state index contributed by atoms with van der Waals surface area (Å²) in [5, 5.41) is 24.5. The molecule has 2 aromatic heterocycles. The fourth-order valence-corrected chi connectivity index (χ4v) is 3.10. The van der Waals surface area contributed by atoms with E-state index in [1.165, 1.54) is 6.20 Å². The summed E-state index contributed by atoms with van der Waals surface area (Å²) in [5.41, 5.74) is 2.39. The van der Waals surface area contributed by atoms with Gasteiger partial charge in [0.15, 0.2) is 5.65 Å². The average molecular weight is 270 g/mol. The Labute approximate surface area is 116 Å². The van der Waals surface area contributed by atoms with E-state index >= 15 is 0 Å². The minimum atomic E-state index is 0.0297. The first kappa shape index (κ1) is 12.8. The predicted molar refractivity (Wildman–Crippen MR) is 77.3 cm³/mol. The van der Waals surface area contributed by atoms with Crippen LogP contribution < -0.4 is 5.49 Å². The van der Waals surface area contributed by atoms with Crippen LogP contribution in [0.5, 0.6) is 0 Å². The lowest BCUT2D eigenvalue weighted by Crippen LogP contribution is -2.33. The van der Waals surface area contributed by atoms with Crippen molar-refractivity contribution in [2.24, 2.45) is 11.8 Å². The van der Waals surface area contributed by atoms with Gasteiger partial charge in [-0.05, 0) is 24.8 Å². The molecule has 0 spiro atoms. The molecule has 2 aromatic rings. The Hall–Kier alpha value is -2.24. The molecule has 1 saturated carbocycles. The van der Waals surface area contributed by atoms with Crippen LogP contribution in [-0.4, -0.2) is 26.1 Å².